The molecular formula is C20H19BrN4O3S. The van der Waals surface area contributed by atoms with Crippen molar-refractivity contribution in [2.45, 2.75) is 30.6 Å². The lowest BCUT2D eigenvalue weighted by atomic mass is 10.2. The van der Waals surface area contributed by atoms with Gasteiger partial charge in [0.05, 0.1) is 23.8 Å². The fourth-order valence-electron chi connectivity index (χ4n) is 3.16. The van der Waals surface area contributed by atoms with Crippen molar-refractivity contribution in [2.24, 2.45) is 0 Å². The molecule has 0 spiro atoms. The van der Waals surface area contributed by atoms with Crippen LogP contribution in [0.4, 0.5) is 5.69 Å². The zero-order valence-electron chi connectivity index (χ0n) is 15.5. The SMILES string of the molecule is O=C(CSc1nc2ncccc2c(=O)n1C[C@@H]1CCCO1)Nc1ccc(Br)cc1. The number of ether oxygens (including phenoxy) is 1. The fraction of sp³-hybridized carbons (Fsp3) is 0.300. The van der Waals surface area contributed by atoms with E-state index < -0.39 is 0 Å². The van der Waals surface area contributed by atoms with Crippen LogP contribution in [-0.2, 0) is 16.1 Å². The zero-order valence-corrected chi connectivity index (χ0v) is 17.9. The minimum Gasteiger partial charge on any atom is -0.376 e. The number of hydrogen-bond donors (Lipinski definition) is 1. The number of anilines is 1. The quantitative estimate of drug-likeness (QED) is 0.434. The maximum Gasteiger partial charge on any atom is 0.263 e. The molecule has 2 aromatic heterocycles. The topological polar surface area (TPSA) is 86.1 Å². The van der Waals surface area contributed by atoms with Crippen molar-refractivity contribution in [3.8, 4) is 0 Å². The Bertz CT molecular complexity index is 1080. The summed E-state index contributed by atoms with van der Waals surface area (Å²) in [5, 5.41) is 3.79. The van der Waals surface area contributed by atoms with Crippen LogP contribution in [0.2, 0.25) is 0 Å². The molecule has 1 saturated heterocycles. The molecule has 0 bridgehead atoms. The third-order valence-corrected chi connectivity index (χ3v) is 6.07. The maximum absolute atomic E-state index is 13.0. The number of pyridine rings is 1. The van der Waals surface area contributed by atoms with Gasteiger partial charge in [-0.15, -0.1) is 0 Å². The highest BCUT2D eigenvalue weighted by molar-refractivity contribution is 9.10. The third-order valence-electron chi connectivity index (χ3n) is 4.57. The molecule has 0 radical (unpaired) electrons. The van der Waals surface area contributed by atoms with Gasteiger partial charge >= 0.3 is 0 Å². The van der Waals surface area contributed by atoms with Crippen LogP contribution in [0.5, 0.6) is 0 Å². The van der Waals surface area contributed by atoms with Crippen molar-refractivity contribution < 1.29 is 9.53 Å². The number of aromatic nitrogens is 3. The van der Waals surface area contributed by atoms with Gasteiger partial charge in [0, 0.05) is 23.0 Å². The van der Waals surface area contributed by atoms with Gasteiger partial charge in [0.1, 0.15) is 0 Å². The summed E-state index contributed by atoms with van der Waals surface area (Å²) in [4.78, 5) is 34.1. The van der Waals surface area contributed by atoms with Crippen molar-refractivity contribution in [1.82, 2.24) is 14.5 Å². The van der Waals surface area contributed by atoms with E-state index >= 15 is 0 Å². The highest BCUT2D eigenvalue weighted by Crippen LogP contribution is 2.21. The highest BCUT2D eigenvalue weighted by Gasteiger charge is 2.21. The number of thioether (sulfide) groups is 1. The predicted octanol–water partition coefficient (Wildman–Crippen LogP) is 3.46. The van der Waals surface area contributed by atoms with Crippen molar-refractivity contribution in [3.05, 3.63) is 57.4 Å². The number of halogens is 1. The van der Waals surface area contributed by atoms with E-state index in [2.05, 4.69) is 31.2 Å². The molecule has 150 valence electrons. The van der Waals surface area contributed by atoms with Crippen LogP contribution >= 0.6 is 27.7 Å². The maximum atomic E-state index is 13.0. The highest BCUT2D eigenvalue weighted by atomic mass is 79.9. The molecule has 0 saturated carbocycles. The Morgan fingerprint density at radius 1 is 1.31 bits per heavy atom. The first-order chi connectivity index (χ1) is 14.1. The molecule has 1 N–H and O–H groups in total. The Morgan fingerprint density at radius 3 is 2.90 bits per heavy atom. The van der Waals surface area contributed by atoms with E-state index in [1.165, 1.54) is 11.8 Å². The Kier molecular flexibility index (Phi) is 6.27. The number of carbonyl (C=O) groups excluding carboxylic acids is 1. The summed E-state index contributed by atoms with van der Waals surface area (Å²) in [5.41, 5.74) is 0.940. The van der Waals surface area contributed by atoms with E-state index in [9.17, 15) is 9.59 Å². The van der Waals surface area contributed by atoms with Gasteiger partial charge in [0.25, 0.3) is 5.56 Å². The zero-order chi connectivity index (χ0) is 20.2. The van der Waals surface area contributed by atoms with E-state index in [0.29, 0.717) is 35.0 Å². The molecular weight excluding hydrogens is 456 g/mol. The third kappa shape index (κ3) is 4.85. The fourth-order valence-corrected chi connectivity index (χ4v) is 4.22. The summed E-state index contributed by atoms with van der Waals surface area (Å²) < 4.78 is 8.25. The van der Waals surface area contributed by atoms with Gasteiger partial charge in [-0.05, 0) is 49.2 Å². The number of fused-ring (bicyclic) bond motifs is 1. The minimum absolute atomic E-state index is 0.0143. The molecule has 1 aliphatic heterocycles. The summed E-state index contributed by atoms with van der Waals surface area (Å²) in [5.74, 6) is -0.0387. The van der Waals surface area contributed by atoms with Crippen molar-refractivity contribution in [1.29, 1.82) is 0 Å². The van der Waals surface area contributed by atoms with Crippen LogP contribution in [0.3, 0.4) is 0 Å². The monoisotopic (exact) mass is 474 g/mol. The van der Waals surface area contributed by atoms with Crippen LogP contribution < -0.4 is 10.9 Å². The summed E-state index contributed by atoms with van der Waals surface area (Å²) in [6.45, 7) is 1.13. The molecule has 9 heteroatoms. The second-order valence-electron chi connectivity index (χ2n) is 6.66. The standard InChI is InChI=1S/C20H19BrN4O3S/c21-13-5-7-14(8-6-13)23-17(26)12-29-20-24-18-16(4-1-9-22-18)19(27)25(20)11-15-3-2-10-28-15/h1,4-9,15H,2-3,10-12H2,(H,23,26)/t15-/m0/s1. The van der Waals surface area contributed by atoms with Crippen LogP contribution in [-0.4, -0.2) is 38.9 Å². The van der Waals surface area contributed by atoms with Gasteiger partial charge in [-0.2, -0.15) is 0 Å². The molecule has 1 aliphatic rings. The van der Waals surface area contributed by atoms with Gasteiger partial charge in [-0.3, -0.25) is 14.2 Å². The molecule has 7 nitrogen and oxygen atoms in total. The number of amides is 1. The Morgan fingerprint density at radius 2 is 2.14 bits per heavy atom. The molecule has 1 amide bonds. The summed E-state index contributed by atoms with van der Waals surface area (Å²) in [6.07, 6.45) is 3.49. The van der Waals surface area contributed by atoms with Crippen molar-refractivity contribution in [3.63, 3.8) is 0 Å². The van der Waals surface area contributed by atoms with Crippen LogP contribution in [0.25, 0.3) is 11.0 Å². The molecule has 3 heterocycles. The molecule has 29 heavy (non-hydrogen) atoms. The molecule has 1 fully saturated rings. The normalized spacial score (nSPS) is 16.2. The number of benzene rings is 1. The van der Waals surface area contributed by atoms with Crippen molar-refractivity contribution in [2.75, 3.05) is 17.7 Å². The Balaban J connectivity index is 1.55. The summed E-state index contributed by atoms with van der Waals surface area (Å²) >= 11 is 4.59. The lowest BCUT2D eigenvalue weighted by molar-refractivity contribution is -0.113. The molecule has 3 aromatic rings. The van der Waals surface area contributed by atoms with E-state index in [1.807, 2.05) is 24.3 Å². The largest absolute Gasteiger partial charge is 0.376 e. The molecule has 0 aliphatic carbocycles. The van der Waals surface area contributed by atoms with Crippen LogP contribution in [0.15, 0.2) is 57.0 Å². The summed E-state index contributed by atoms with van der Waals surface area (Å²) in [7, 11) is 0. The first-order valence-electron chi connectivity index (χ1n) is 9.25. The molecule has 1 atom stereocenters. The molecule has 1 aromatic carbocycles. The smallest absolute Gasteiger partial charge is 0.263 e. The number of rotatable bonds is 6. The van der Waals surface area contributed by atoms with Crippen LogP contribution in [0, 0.1) is 0 Å². The number of nitrogens with zero attached hydrogens (tertiary/aromatic N) is 3. The van der Waals surface area contributed by atoms with Gasteiger partial charge in [-0.25, -0.2) is 9.97 Å². The number of nitrogens with one attached hydrogen (secondary N) is 1. The second kappa shape index (κ2) is 9.06. The number of hydrogen-bond acceptors (Lipinski definition) is 6. The van der Waals surface area contributed by atoms with Crippen molar-refractivity contribution >= 4 is 50.3 Å². The first-order valence-corrected chi connectivity index (χ1v) is 11.0. The lowest BCUT2D eigenvalue weighted by Crippen LogP contribution is -2.29. The molecule has 4 rings (SSSR count). The van der Waals surface area contributed by atoms with Gasteiger partial charge in [0.2, 0.25) is 5.91 Å². The first kappa shape index (κ1) is 20.1. The van der Waals surface area contributed by atoms with E-state index in [-0.39, 0.29) is 23.3 Å². The van der Waals surface area contributed by atoms with E-state index in [1.54, 1.807) is 22.9 Å². The predicted molar refractivity (Wildman–Crippen MR) is 116 cm³/mol. The average Bonchev–Trinajstić information content (AvgIpc) is 3.24. The Labute approximate surface area is 180 Å². The van der Waals surface area contributed by atoms with E-state index in [4.69, 9.17) is 4.74 Å². The van der Waals surface area contributed by atoms with E-state index in [0.717, 1.165) is 17.3 Å². The second-order valence-corrected chi connectivity index (χ2v) is 8.52. The van der Waals surface area contributed by atoms with Gasteiger partial charge in [-0.1, -0.05) is 27.7 Å². The average molecular weight is 475 g/mol. The van der Waals surface area contributed by atoms with Gasteiger partial charge < -0.3 is 10.1 Å². The molecule has 0 unspecified atom stereocenters. The minimum atomic E-state index is -0.170. The van der Waals surface area contributed by atoms with Gasteiger partial charge in [0.15, 0.2) is 10.8 Å². The summed E-state index contributed by atoms with van der Waals surface area (Å²) in [6, 6.07) is 10.8. The van der Waals surface area contributed by atoms with Crippen LogP contribution in [0.1, 0.15) is 12.8 Å². The lowest BCUT2D eigenvalue weighted by Gasteiger charge is -2.16. The number of carbonyl (C=O) groups is 1. The Hall–Kier alpha value is -2.23.